The number of aromatic nitrogens is 2. The molecule has 6 heteroatoms. The Balaban J connectivity index is 1.57. The molecule has 1 amide bonds. The molecule has 0 saturated carbocycles. The molecule has 1 aliphatic heterocycles. The number of benzene rings is 2. The summed E-state index contributed by atoms with van der Waals surface area (Å²) in [5.74, 6) is 0.0979. The van der Waals surface area contributed by atoms with Crippen molar-refractivity contribution in [3.63, 3.8) is 0 Å². The second-order valence-corrected chi connectivity index (χ2v) is 7.38. The number of nitrogens with two attached hydrogens (primary N) is 1. The SMILES string of the molecule is Nc1ncc(-c2ccc(F)cc2)c(C2CCCN(C(=O)Cc3ccccc3)C2)n1. The van der Waals surface area contributed by atoms with Crippen molar-refractivity contribution in [2.24, 2.45) is 0 Å². The van der Waals surface area contributed by atoms with E-state index in [1.807, 2.05) is 35.2 Å². The van der Waals surface area contributed by atoms with Gasteiger partial charge in [-0.1, -0.05) is 42.5 Å². The number of carbonyl (C=O) groups excluding carboxylic acids is 1. The number of anilines is 1. The van der Waals surface area contributed by atoms with Gasteiger partial charge in [-0.05, 0) is 36.1 Å². The highest BCUT2D eigenvalue weighted by molar-refractivity contribution is 5.79. The van der Waals surface area contributed by atoms with E-state index >= 15 is 0 Å². The van der Waals surface area contributed by atoms with Crippen molar-refractivity contribution in [3.8, 4) is 11.1 Å². The van der Waals surface area contributed by atoms with Crippen molar-refractivity contribution < 1.29 is 9.18 Å². The van der Waals surface area contributed by atoms with Gasteiger partial charge in [-0.25, -0.2) is 14.4 Å². The lowest BCUT2D eigenvalue weighted by Crippen LogP contribution is -2.40. The Morgan fingerprint density at radius 3 is 2.66 bits per heavy atom. The summed E-state index contributed by atoms with van der Waals surface area (Å²) in [7, 11) is 0. The number of halogens is 1. The summed E-state index contributed by atoms with van der Waals surface area (Å²) in [6.45, 7) is 1.34. The van der Waals surface area contributed by atoms with Crippen LogP contribution in [0.5, 0.6) is 0 Å². The second-order valence-electron chi connectivity index (χ2n) is 7.38. The molecule has 0 spiro atoms. The summed E-state index contributed by atoms with van der Waals surface area (Å²) in [5, 5.41) is 0. The number of likely N-dealkylation sites (tertiary alicyclic amines) is 1. The van der Waals surface area contributed by atoms with E-state index in [-0.39, 0.29) is 23.6 Å². The molecule has 1 atom stereocenters. The van der Waals surface area contributed by atoms with Crippen LogP contribution in [0.3, 0.4) is 0 Å². The molecule has 0 aliphatic carbocycles. The van der Waals surface area contributed by atoms with Gasteiger partial charge in [0.15, 0.2) is 0 Å². The van der Waals surface area contributed by atoms with Crippen molar-refractivity contribution in [1.82, 2.24) is 14.9 Å². The third-order valence-corrected chi connectivity index (χ3v) is 5.35. The fourth-order valence-corrected chi connectivity index (χ4v) is 3.88. The normalized spacial score (nSPS) is 16.6. The highest BCUT2D eigenvalue weighted by atomic mass is 19.1. The molecule has 3 aromatic rings. The lowest BCUT2D eigenvalue weighted by atomic mass is 9.89. The van der Waals surface area contributed by atoms with E-state index in [4.69, 9.17) is 5.73 Å². The molecule has 1 fully saturated rings. The maximum atomic E-state index is 13.3. The first-order valence-corrected chi connectivity index (χ1v) is 9.80. The van der Waals surface area contributed by atoms with Gasteiger partial charge in [0.2, 0.25) is 11.9 Å². The number of hydrogen-bond acceptors (Lipinski definition) is 4. The van der Waals surface area contributed by atoms with Gasteiger partial charge in [-0.2, -0.15) is 0 Å². The molecule has 5 nitrogen and oxygen atoms in total. The number of nitrogen functional groups attached to an aromatic ring is 1. The van der Waals surface area contributed by atoms with E-state index in [2.05, 4.69) is 9.97 Å². The van der Waals surface area contributed by atoms with Crippen LogP contribution < -0.4 is 5.73 Å². The first kappa shape index (κ1) is 19.1. The maximum absolute atomic E-state index is 13.3. The molecule has 148 valence electrons. The number of rotatable bonds is 4. The minimum atomic E-state index is -0.290. The smallest absolute Gasteiger partial charge is 0.227 e. The maximum Gasteiger partial charge on any atom is 0.227 e. The minimum absolute atomic E-state index is 0.0637. The van der Waals surface area contributed by atoms with Gasteiger partial charge < -0.3 is 10.6 Å². The van der Waals surface area contributed by atoms with Crippen LogP contribution in [-0.4, -0.2) is 33.9 Å². The molecular formula is C23H23FN4O. The predicted octanol–water partition coefficient (Wildman–Crippen LogP) is 3.81. The molecule has 2 N–H and O–H groups in total. The molecule has 29 heavy (non-hydrogen) atoms. The van der Waals surface area contributed by atoms with Crippen molar-refractivity contribution in [2.75, 3.05) is 18.8 Å². The quantitative estimate of drug-likeness (QED) is 0.735. The largest absolute Gasteiger partial charge is 0.368 e. The number of piperidine rings is 1. The van der Waals surface area contributed by atoms with Gasteiger partial charge in [-0.3, -0.25) is 4.79 Å². The summed E-state index contributed by atoms with van der Waals surface area (Å²) >= 11 is 0. The van der Waals surface area contributed by atoms with Gasteiger partial charge in [0.1, 0.15) is 5.82 Å². The second kappa shape index (κ2) is 8.39. The highest BCUT2D eigenvalue weighted by Crippen LogP contribution is 2.33. The van der Waals surface area contributed by atoms with E-state index in [1.165, 1.54) is 12.1 Å². The van der Waals surface area contributed by atoms with E-state index in [1.54, 1.807) is 18.3 Å². The van der Waals surface area contributed by atoms with Crippen molar-refractivity contribution in [1.29, 1.82) is 0 Å². The van der Waals surface area contributed by atoms with E-state index in [0.29, 0.717) is 13.0 Å². The Labute approximate surface area is 169 Å². The Hall–Kier alpha value is -3.28. The Morgan fingerprint density at radius 2 is 1.90 bits per heavy atom. The van der Waals surface area contributed by atoms with Crippen LogP contribution in [0.4, 0.5) is 10.3 Å². The number of hydrogen-bond donors (Lipinski definition) is 1. The number of nitrogens with zero attached hydrogens (tertiary/aromatic N) is 3. The minimum Gasteiger partial charge on any atom is -0.368 e. The van der Waals surface area contributed by atoms with Crippen molar-refractivity contribution >= 4 is 11.9 Å². The number of carbonyl (C=O) groups is 1. The first-order valence-electron chi connectivity index (χ1n) is 9.80. The number of amides is 1. The molecule has 1 unspecified atom stereocenters. The Morgan fingerprint density at radius 1 is 1.14 bits per heavy atom. The summed E-state index contributed by atoms with van der Waals surface area (Å²) in [5.41, 5.74) is 9.38. The molecule has 0 radical (unpaired) electrons. The summed E-state index contributed by atoms with van der Waals surface area (Å²) in [6.07, 6.45) is 3.90. The van der Waals surface area contributed by atoms with Gasteiger partial charge in [-0.15, -0.1) is 0 Å². The zero-order valence-corrected chi connectivity index (χ0v) is 16.1. The van der Waals surface area contributed by atoms with Crippen LogP contribution in [0.2, 0.25) is 0 Å². The lowest BCUT2D eigenvalue weighted by molar-refractivity contribution is -0.131. The van der Waals surface area contributed by atoms with Crippen LogP contribution in [-0.2, 0) is 11.2 Å². The zero-order valence-electron chi connectivity index (χ0n) is 16.1. The average Bonchev–Trinajstić information content (AvgIpc) is 2.75. The van der Waals surface area contributed by atoms with E-state index < -0.39 is 0 Å². The van der Waals surface area contributed by atoms with Crippen LogP contribution in [0.15, 0.2) is 60.8 Å². The molecule has 1 aliphatic rings. The highest BCUT2D eigenvalue weighted by Gasteiger charge is 2.28. The fourth-order valence-electron chi connectivity index (χ4n) is 3.88. The fraction of sp³-hybridized carbons (Fsp3) is 0.261. The first-order chi connectivity index (χ1) is 14.1. The van der Waals surface area contributed by atoms with Gasteiger partial charge in [0, 0.05) is 30.8 Å². The summed E-state index contributed by atoms with van der Waals surface area (Å²) in [6, 6.07) is 16.1. The molecule has 0 bridgehead atoms. The predicted molar refractivity (Wildman–Crippen MR) is 111 cm³/mol. The molecular weight excluding hydrogens is 367 g/mol. The molecule has 4 rings (SSSR count). The topological polar surface area (TPSA) is 72.1 Å². The molecule has 1 saturated heterocycles. The van der Waals surface area contributed by atoms with Crippen LogP contribution >= 0.6 is 0 Å². The van der Waals surface area contributed by atoms with Gasteiger partial charge in [0.05, 0.1) is 12.1 Å². The average molecular weight is 390 g/mol. The Kier molecular flexibility index (Phi) is 5.51. The lowest BCUT2D eigenvalue weighted by Gasteiger charge is -2.33. The van der Waals surface area contributed by atoms with Crippen LogP contribution in [0, 0.1) is 5.82 Å². The van der Waals surface area contributed by atoms with Crippen LogP contribution in [0.1, 0.15) is 30.0 Å². The molecule has 1 aromatic heterocycles. The van der Waals surface area contributed by atoms with Gasteiger partial charge in [0.25, 0.3) is 0 Å². The van der Waals surface area contributed by atoms with E-state index in [0.717, 1.165) is 41.8 Å². The third-order valence-electron chi connectivity index (χ3n) is 5.35. The third kappa shape index (κ3) is 4.42. The standard InChI is InChI=1S/C23H23FN4O/c24-19-10-8-17(9-11-19)20-14-26-23(25)27-22(20)18-7-4-12-28(15-18)21(29)13-16-5-2-1-3-6-16/h1-3,5-6,8-11,14,18H,4,7,12-13,15H2,(H2,25,26,27). The van der Waals surface area contributed by atoms with Crippen LogP contribution in [0.25, 0.3) is 11.1 Å². The summed E-state index contributed by atoms with van der Waals surface area (Å²) < 4.78 is 13.3. The monoisotopic (exact) mass is 390 g/mol. The molecule has 2 aromatic carbocycles. The van der Waals surface area contributed by atoms with Gasteiger partial charge >= 0.3 is 0 Å². The van der Waals surface area contributed by atoms with E-state index in [9.17, 15) is 9.18 Å². The Bertz CT molecular complexity index is 992. The molecule has 2 heterocycles. The van der Waals surface area contributed by atoms with Crippen molar-refractivity contribution in [2.45, 2.75) is 25.2 Å². The summed E-state index contributed by atoms with van der Waals surface area (Å²) in [4.78, 5) is 23.4. The zero-order chi connectivity index (χ0) is 20.2. The van der Waals surface area contributed by atoms with Crippen molar-refractivity contribution in [3.05, 3.63) is 77.9 Å².